The Bertz CT molecular complexity index is 1060. The summed E-state index contributed by atoms with van der Waals surface area (Å²) in [6, 6.07) is 2.02. The van der Waals surface area contributed by atoms with Crippen LogP contribution in [0.2, 0.25) is 0 Å². The van der Waals surface area contributed by atoms with Crippen molar-refractivity contribution < 1.29 is 14.1 Å². The molecule has 0 fully saturated rings. The summed E-state index contributed by atoms with van der Waals surface area (Å²) < 4.78 is 14.7. The Labute approximate surface area is 174 Å². The summed E-state index contributed by atoms with van der Waals surface area (Å²) in [6.07, 6.45) is 1.30. The van der Waals surface area contributed by atoms with Gasteiger partial charge in [-0.05, 0) is 26.8 Å². The molecule has 0 aromatic carbocycles. The minimum atomic E-state index is -0.0938. The van der Waals surface area contributed by atoms with Gasteiger partial charge in [0.2, 0.25) is 0 Å². The molecular weight excluding hydrogens is 386 g/mol. The monoisotopic (exact) mass is 413 g/mol. The van der Waals surface area contributed by atoms with Crippen molar-refractivity contribution in [1.82, 2.24) is 34.6 Å². The molecule has 160 valence electrons. The van der Waals surface area contributed by atoms with E-state index < -0.39 is 0 Å². The van der Waals surface area contributed by atoms with Gasteiger partial charge in [-0.2, -0.15) is 15.2 Å². The van der Waals surface area contributed by atoms with Gasteiger partial charge in [-0.15, -0.1) is 0 Å². The van der Waals surface area contributed by atoms with Crippen LogP contribution in [0, 0.1) is 6.92 Å². The molecule has 0 unspecified atom stereocenters. The lowest BCUT2D eigenvalue weighted by atomic mass is 10.1. The summed E-state index contributed by atoms with van der Waals surface area (Å²) in [5.41, 5.74) is 4.23. The fourth-order valence-electron chi connectivity index (χ4n) is 3.69. The first kappa shape index (κ1) is 20.3. The number of likely N-dealkylation sites (N-methyl/N-ethyl adjacent to an activating group) is 1. The maximum absolute atomic E-state index is 12.6. The molecule has 4 heterocycles. The molecule has 0 saturated carbocycles. The summed E-state index contributed by atoms with van der Waals surface area (Å²) in [5, 5.41) is 13.0. The quantitative estimate of drug-likeness (QED) is 0.608. The number of rotatable bonds is 6. The normalized spacial score (nSPS) is 13.7. The number of ether oxygens (including phenoxy) is 1. The highest BCUT2D eigenvalue weighted by Gasteiger charge is 2.26. The van der Waals surface area contributed by atoms with E-state index in [1.807, 2.05) is 11.6 Å². The number of hydrogen-bond donors (Lipinski definition) is 0. The van der Waals surface area contributed by atoms with Gasteiger partial charge in [0.05, 0.1) is 18.9 Å². The van der Waals surface area contributed by atoms with E-state index >= 15 is 0 Å². The van der Waals surface area contributed by atoms with Gasteiger partial charge < -0.3 is 14.2 Å². The number of fused-ring (bicyclic) bond motifs is 1. The summed E-state index contributed by atoms with van der Waals surface area (Å²) >= 11 is 0. The molecule has 3 aromatic rings. The molecule has 0 bridgehead atoms. The second-order valence-corrected chi connectivity index (χ2v) is 7.90. The smallest absolute Gasteiger partial charge is 0.278 e. The molecule has 3 aromatic heterocycles. The van der Waals surface area contributed by atoms with E-state index in [-0.39, 0.29) is 11.9 Å². The van der Waals surface area contributed by atoms with E-state index in [0.29, 0.717) is 49.3 Å². The maximum Gasteiger partial charge on any atom is 0.278 e. The number of aryl methyl sites for hydroxylation is 2. The van der Waals surface area contributed by atoms with Crippen LogP contribution in [-0.4, -0.2) is 60.7 Å². The second-order valence-electron chi connectivity index (χ2n) is 7.90. The molecular formula is C20H27N7O3. The Kier molecular flexibility index (Phi) is 5.42. The minimum Gasteiger partial charge on any atom is -0.376 e. The van der Waals surface area contributed by atoms with Crippen LogP contribution in [-0.2, 0) is 31.2 Å². The zero-order valence-corrected chi connectivity index (χ0v) is 18.0. The van der Waals surface area contributed by atoms with E-state index in [1.54, 1.807) is 29.7 Å². The number of aromatic nitrogens is 6. The number of carbonyl (C=O) groups is 1. The number of hydrogen-bond acceptors (Lipinski definition) is 7. The molecule has 0 radical (unpaired) electrons. The lowest BCUT2D eigenvalue weighted by molar-refractivity contribution is 0.0785. The van der Waals surface area contributed by atoms with Crippen molar-refractivity contribution in [1.29, 1.82) is 0 Å². The third-order valence-electron chi connectivity index (χ3n) is 5.25. The Morgan fingerprint density at radius 2 is 2.13 bits per heavy atom. The van der Waals surface area contributed by atoms with E-state index in [2.05, 4.69) is 29.1 Å². The van der Waals surface area contributed by atoms with Gasteiger partial charge in [0, 0.05) is 50.8 Å². The SMILES string of the molecule is Cc1cc(C(=O)N(C)CCc2noc(-c3nn(C(C)C)c4c3COCC4)n2)n(C)n1. The molecule has 0 atom stereocenters. The van der Waals surface area contributed by atoms with Crippen LogP contribution in [0.4, 0.5) is 0 Å². The zero-order valence-electron chi connectivity index (χ0n) is 18.0. The number of carbonyl (C=O) groups excluding carboxylic acids is 1. The topological polar surface area (TPSA) is 104 Å². The van der Waals surface area contributed by atoms with Crippen molar-refractivity contribution in [3.05, 3.63) is 34.5 Å². The average Bonchev–Trinajstić information content (AvgIpc) is 3.41. The van der Waals surface area contributed by atoms with Crippen molar-refractivity contribution >= 4 is 5.91 Å². The molecule has 1 aliphatic rings. The van der Waals surface area contributed by atoms with E-state index in [9.17, 15) is 4.79 Å². The van der Waals surface area contributed by atoms with Gasteiger partial charge in [-0.25, -0.2) is 0 Å². The molecule has 4 rings (SSSR count). The van der Waals surface area contributed by atoms with Crippen molar-refractivity contribution in [2.24, 2.45) is 7.05 Å². The average molecular weight is 413 g/mol. The Morgan fingerprint density at radius 1 is 1.33 bits per heavy atom. The van der Waals surface area contributed by atoms with Crippen LogP contribution in [0.15, 0.2) is 10.6 Å². The van der Waals surface area contributed by atoms with Crippen molar-refractivity contribution in [3.63, 3.8) is 0 Å². The third kappa shape index (κ3) is 3.74. The molecule has 0 aliphatic carbocycles. The van der Waals surface area contributed by atoms with Gasteiger partial charge in [-0.1, -0.05) is 5.16 Å². The summed E-state index contributed by atoms with van der Waals surface area (Å²) in [5.74, 6) is 0.835. The van der Waals surface area contributed by atoms with E-state index in [0.717, 1.165) is 17.7 Å². The highest BCUT2D eigenvalue weighted by molar-refractivity contribution is 5.92. The molecule has 10 nitrogen and oxygen atoms in total. The third-order valence-corrected chi connectivity index (χ3v) is 5.25. The minimum absolute atomic E-state index is 0.0938. The van der Waals surface area contributed by atoms with Gasteiger partial charge in [0.1, 0.15) is 5.69 Å². The first-order valence-electron chi connectivity index (χ1n) is 10.1. The van der Waals surface area contributed by atoms with Crippen LogP contribution in [0.3, 0.4) is 0 Å². The highest BCUT2D eigenvalue weighted by Crippen LogP contribution is 2.30. The fraction of sp³-hybridized carbons (Fsp3) is 0.550. The van der Waals surface area contributed by atoms with Gasteiger partial charge in [0.25, 0.3) is 11.8 Å². The van der Waals surface area contributed by atoms with Crippen LogP contribution >= 0.6 is 0 Å². The van der Waals surface area contributed by atoms with Crippen LogP contribution in [0.25, 0.3) is 11.6 Å². The first-order valence-corrected chi connectivity index (χ1v) is 10.1. The van der Waals surface area contributed by atoms with Crippen molar-refractivity contribution in [2.75, 3.05) is 20.2 Å². The number of amides is 1. The van der Waals surface area contributed by atoms with Crippen molar-refractivity contribution in [3.8, 4) is 11.6 Å². The predicted octanol–water partition coefficient (Wildman–Crippen LogP) is 1.94. The lowest BCUT2D eigenvalue weighted by Gasteiger charge is -2.16. The number of nitrogens with zero attached hydrogens (tertiary/aromatic N) is 7. The second kappa shape index (κ2) is 8.02. The Morgan fingerprint density at radius 3 is 2.83 bits per heavy atom. The molecule has 10 heteroatoms. The summed E-state index contributed by atoms with van der Waals surface area (Å²) in [4.78, 5) is 18.8. The van der Waals surface area contributed by atoms with Crippen LogP contribution < -0.4 is 0 Å². The summed E-state index contributed by atoms with van der Waals surface area (Å²) in [6.45, 7) is 7.71. The molecule has 1 aliphatic heterocycles. The van der Waals surface area contributed by atoms with Gasteiger partial charge in [-0.3, -0.25) is 14.2 Å². The lowest BCUT2D eigenvalue weighted by Crippen LogP contribution is -2.30. The van der Waals surface area contributed by atoms with Gasteiger partial charge in [0.15, 0.2) is 11.5 Å². The molecule has 30 heavy (non-hydrogen) atoms. The van der Waals surface area contributed by atoms with Crippen LogP contribution in [0.5, 0.6) is 0 Å². The zero-order chi connectivity index (χ0) is 21.4. The Balaban J connectivity index is 1.47. The molecule has 0 spiro atoms. The van der Waals surface area contributed by atoms with E-state index in [1.165, 1.54) is 5.69 Å². The highest BCUT2D eigenvalue weighted by atomic mass is 16.5. The van der Waals surface area contributed by atoms with Crippen LogP contribution in [0.1, 0.15) is 53.2 Å². The van der Waals surface area contributed by atoms with Gasteiger partial charge >= 0.3 is 0 Å². The largest absolute Gasteiger partial charge is 0.376 e. The Hall–Kier alpha value is -3.01. The maximum atomic E-state index is 12.6. The fourth-order valence-corrected chi connectivity index (χ4v) is 3.69. The van der Waals surface area contributed by atoms with Crippen molar-refractivity contribution in [2.45, 2.75) is 46.3 Å². The molecule has 0 N–H and O–H groups in total. The van der Waals surface area contributed by atoms with E-state index in [4.69, 9.17) is 14.4 Å². The predicted molar refractivity (Wildman–Crippen MR) is 108 cm³/mol. The first-order chi connectivity index (χ1) is 14.3. The standard InChI is InChI=1S/C20H27N7O3/c1-12(2)27-15-7-9-29-11-14(15)18(23-27)19-21-17(24-30-19)6-8-25(4)20(28)16-10-13(3)22-26(16)5/h10,12H,6-9,11H2,1-5H3. The molecule has 1 amide bonds. The summed E-state index contributed by atoms with van der Waals surface area (Å²) in [7, 11) is 3.52. The molecule has 0 saturated heterocycles.